The highest BCUT2D eigenvalue weighted by molar-refractivity contribution is 6.47. The van der Waals surface area contributed by atoms with Crippen molar-refractivity contribution in [1.29, 1.82) is 10.8 Å². The smallest absolute Gasteiger partial charge is 0.212 e. The van der Waals surface area contributed by atoms with Crippen LogP contribution in [0.2, 0.25) is 0 Å². The summed E-state index contributed by atoms with van der Waals surface area (Å²) in [5.41, 5.74) is 11.0. The zero-order valence-electron chi connectivity index (χ0n) is 17.8. The predicted octanol–water partition coefficient (Wildman–Crippen LogP) is 3.93. The number of nitrogens with two attached hydrogens (primary N) is 1. The molecule has 32 heavy (non-hydrogen) atoms. The average molecular weight is 432 g/mol. The van der Waals surface area contributed by atoms with Gasteiger partial charge in [-0.3, -0.25) is 10.3 Å². The topological polar surface area (TPSA) is 99.1 Å². The molecule has 0 unspecified atom stereocenters. The molecule has 0 spiro atoms. The molecule has 6 nitrogen and oxygen atoms in total. The molecular formula is C25H26FN5O. The van der Waals surface area contributed by atoms with Crippen LogP contribution in [0.15, 0.2) is 60.8 Å². The first-order valence-electron chi connectivity index (χ1n) is 10.6. The number of morpholine rings is 1. The van der Waals surface area contributed by atoms with Crippen LogP contribution in [-0.4, -0.2) is 47.6 Å². The molecule has 1 fully saturated rings. The second-order valence-corrected chi connectivity index (χ2v) is 7.91. The van der Waals surface area contributed by atoms with Gasteiger partial charge in [-0.05, 0) is 41.0 Å². The Kier molecular flexibility index (Phi) is 6.68. The lowest BCUT2D eigenvalue weighted by atomic mass is 9.95. The summed E-state index contributed by atoms with van der Waals surface area (Å²) in [5.74, 6) is -0.546. The van der Waals surface area contributed by atoms with Crippen LogP contribution in [0, 0.1) is 16.8 Å². The van der Waals surface area contributed by atoms with Gasteiger partial charge in [0.1, 0.15) is 0 Å². The minimum Gasteiger partial charge on any atom is -0.398 e. The van der Waals surface area contributed by atoms with Crippen molar-refractivity contribution in [2.24, 2.45) is 0 Å². The summed E-state index contributed by atoms with van der Waals surface area (Å²) in [7, 11) is 0. The highest BCUT2D eigenvalue weighted by atomic mass is 19.1. The average Bonchev–Trinajstić information content (AvgIpc) is 2.80. The van der Waals surface area contributed by atoms with E-state index in [0.29, 0.717) is 17.7 Å². The maximum atomic E-state index is 13.1. The van der Waals surface area contributed by atoms with Crippen LogP contribution < -0.4 is 5.73 Å². The lowest BCUT2D eigenvalue weighted by molar-refractivity contribution is 0.0342. The summed E-state index contributed by atoms with van der Waals surface area (Å²) >= 11 is 0. The van der Waals surface area contributed by atoms with Crippen LogP contribution in [0.3, 0.4) is 0 Å². The molecule has 164 valence electrons. The predicted molar refractivity (Wildman–Crippen MR) is 125 cm³/mol. The van der Waals surface area contributed by atoms with Crippen LogP contribution >= 0.6 is 0 Å². The van der Waals surface area contributed by atoms with E-state index in [9.17, 15) is 4.39 Å². The van der Waals surface area contributed by atoms with Gasteiger partial charge in [0.05, 0.1) is 24.6 Å². The van der Waals surface area contributed by atoms with E-state index >= 15 is 0 Å². The lowest BCUT2D eigenvalue weighted by Crippen LogP contribution is -2.35. The number of nitrogens with zero attached hydrogens (tertiary/aromatic N) is 2. The van der Waals surface area contributed by atoms with Gasteiger partial charge in [-0.1, -0.05) is 30.3 Å². The van der Waals surface area contributed by atoms with Crippen molar-refractivity contribution < 1.29 is 9.13 Å². The summed E-state index contributed by atoms with van der Waals surface area (Å²) in [6, 6.07) is 16.4. The van der Waals surface area contributed by atoms with E-state index in [1.807, 2.05) is 12.1 Å². The molecule has 2 aromatic carbocycles. The molecule has 1 aromatic heterocycles. The fourth-order valence-corrected chi connectivity index (χ4v) is 3.81. The number of aromatic nitrogens is 1. The van der Waals surface area contributed by atoms with E-state index in [4.69, 9.17) is 21.3 Å². The first-order chi connectivity index (χ1) is 15.5. The van der Waals surface area contributed by atoms with Gasteiger partial charge < -0.3 is 15.9 Å². The molecule has 1 saturated heterocycles. The van der Waals surface area contributed by atoms with Crippen molar-refractivity contribution >= 4 is 17.1 Å². The first-order valence-corrected chi connectivity index (χ1v) is 10.6. The Morgan fingerprint density at radius 1 is 1.00 bits per heavy atom. The summed E-state index contributed by atoms with van der Waals surface area (Å²) in [6.07, 6.45) is 1.79. The van der Waals surface area contributed by atoms with Gasteiger partial charge >= 0.3 is 0 Å². The SMILES string of the molecule is N=C(Cc1cccc(CN2CCOCC2)c1)C(=N)c1cc(-c2ccc(F)nc2)ccc1N. The highest BCUT2D eigenvalue weighted by Crippen LogP contribution is 2.24. The molecule has 0 amide bonds. The molecule has 0 saturated carbocycles. The Morgan fingerprint density at radius 3 is 2.50 bits per heavy atom. The Morgan fingerprint density at radius 2 is 1.75 bits per heavy atom. The van der Waals surface area contributed by atoms with Gasteiger partial charge in [0, 0.05) is 49.1 Å². The second kappa shape index (κ2) is 9.80. The maximum absolute atomic E-state index is 13.1. The van der Waals surface area contributed by atoms with Gasteiger partial charge in [-0.2, -0.15) is 4.39 Å². The second-order valence-electron chi connectivity index (χ2n) is 7.91. The summed E-state index contributed by atoms with van der Waals surface area (Å²) in [5, 5.41) is 17.1. The van der Waals surface area contributed by atoms with Crippen molar-refractivity contribution in [1.82, 2.24) is 9.88 Å². The minimum absolute atomic E-state index is 0.0815. The third-order valence-electron chi connectivity index (χ3n) is 5.57. The number of ether oxygens (including phenoxy) is 1. The number of hydrogen-bond donors (Lipinski definition) is 3. The molecular weight excluding hydrogens is 405 g/mol. The van der Waals surface area contributed by atoms with Gasteiger partial charge in [0.25, 0.3) is 0 Å². The third kappa shape index (κ3) is 5.25. The molecule has 4 rings (SSSR count). The van der Waals surface area contributed by atoms with E-state index in [-0.39, 0.29) is 11.4 Å². The number of anilines is 1. The van der Waals surface area contributed by atoms with Crippen LogP contribution in [-0.2, 0) is 17.7 Å². The zero-order valence-corrected chi connectivity index (χ0v) is 17.8. The highest BCUT2D eigenvalue weighted by Gasteiger charge is 2.15. The molecule has 1 aliphatic heterocycles. The number of rotatable bonds is 7. The van der Waals surface area contributed by atoms with Crippen LogP contribution in [0.5, 0.6) is 0 Å². The van der Waals surface area contributed by atoms with Crippen molar-refractivity contribution in [3.63, 3.8) is 0 Å². The molecule has 3 aromatic rings. The largest absolute Gasteiger partial charge is 0.398 e. The van der Waals surface area contributed by atoms with E-state index in [1.54, 1.807) is 24.3 Å². The first kappa shape index (κ1) is 21.8. The van der Waals surface area contributed by atoms with E-state index in [0.717, 1.165) is 49.5 Å². The van der Waals surface area contributed by atoms with Gasteiger partial charge in [0.2, 0.25) is 5.95 Å². The van der Waals surface area contributed by atoms with Crippen molar-refractivity contribution in [2.45, 2.75) is 13.0 Å². The van der Waals surface area contributed by atoms with Crippen molar-refractivity contribution in [2.75, 3.05) is 32.0 Å². The van der Waals surface area contributed by atoms with Gasteiger partial charge in [-0.25, -0.2) is 4.98 Å². The lowest BCUT2D eigenvalue weighted by Gasteiger charge is -2.26. The molecule has 1 aliphatic rings. The molecule has 7 heteroatoms. The zero-order chi connectivity index (χ0) is 22.5. The normalized spacial score (nSPS) is 14.3. The molecule has 0 radical (unpaired) electrons. The molecule has 0 atom stereocenters. The van der Waals surface area contributed by atoms with Crippen molar-refractivity contribution in [3.05, 3.63) is 83.4 Å². The van der Waals surface area contributed by atoms with Crippen LogP contribution in [0.4, 0.5) is 10.1 Å². The molecule has 0 bridgehead atoms. The van der Waals surface area contributed by atoms with E-state index in [2.05, 4.69) is 22.0 Å². The maximum Gasteiger partial charge on any atom is 0.212 e. The Bertz CT molecular complexity index is 1120. The monoisotopic (exact) mass is 431 g/mol. The fraction of sp³-hybridized carbons (Fsp3) is 0.240. The number of nitrogens with one attached hydrogen (secondary N) is 2. The number of pyridine rings is 1. The third-order valence-corrected chi connectivity index (χ3v) is 5.57. The van der Waals surface area contributed by atoms with E-state index in [1.165, 1.54) is 17.8 Å². The van der Waals surface area contributed by atoms with Crippen molar-refractivity contribution in [3.8, 4) is 11.1 Å². The minimum atomic E-state index is -0.546. The van der Waals surface area contributed by atoms with Crippen LogP contribution in [0.1, 0.15) is 16.7 Å². The summed E-state index contributed by atoms with van der Waals surface area (Å²) in [6.45, 7) is 4.21. The molecule has 0 aliphatic carbocycles. The van der Waals surface area contributed by atoms with E-state index < -0.39 is 5.95 Å². The Balaban J connectivity index is 1.48. The number of halogens is 1. The van der Waals surface area contributed by atoms with Gasteiger partial charge in [-0.15, -0.1) is 0 Å². The van der Waals surface area contributed by atoms with Crippen LogP contribution in [0.25, 0.3) is 11.1 Å². The number of hydrogen-bond acceptors (Lipinski definition) is 6. The Hall–Kier alpha value is -3.42. The fourth-order valence-electron chi connectivity index (χ4n) is 3.81. The molecule has 2 heterocycles. The number of benzene rings is 2. The summed E-state index contributed by atoms with van der Waals surface area (Å²) in [4.78, 5) is 6.04. The number of nitrogen functional groups attached to an aromatic ring is 1. The van der Waals surface area contributed by atoms with Gasteiger partial charge in [0.15, 0.2) is 0 Å². The molecule has 4 N–H and O–H groups in total. The standard InChI is InChI=1S/C25H26FN5O/c26-24-7-5-20(15-30-24)19-4-6-22(27)21(14-19)25(29)23(28)13-17-2-1-3-18(12-17)16-31-8-10-32-11-9-31/h1-7,12,14-15,28-29H,8-11,13,16,27H2. The summed E-state index contributed by atoms with van der Waals surface area (Å²) < 4.78 is 18.6. The quantitative estimate of drug-likeness (QED) is 0.300. The Labute approximate surface area is 186 Å².